The van der Waals surface area contributed by atoms with Gasteiger partial charge >= 0.3 is 0 Å². The van der Waals surface area contributed by atoms with Gasteiger partial charge in [0.1, 0.15) is 0 Å². The summed E-state index contributed by atoms with van der Waals surface area (Å²) >= 11 is 0. The van der Waals surface area contributed by atoms with Crippen molar-refractivity contribution in [3.05, 3.63) is 0 Å². The highest BCUT2D eigenvalue weighted by Crippen LogP contribution is 2.30. The van der Waals surface area contributed by atoms with Crippen LogP contribution in [0, 0.1) is 0 Å². The Morgan fingerprint density at radius 1 is 0.467 bits per heavy atom. The first-order valence-electron chi connectivity index (χ1n) is 14.1. The van der Waals surface area contributed by atoms with Crippen molar-refractivity contribution in [2.75, 3.05) is 19.6 Å². The van der Waals surface area contributed by atoms with Crippen LogP contribution in [-0.4, -0.2) is 35.6 Å². The van der Waals surface area contributed by atoms with E-state index in [0.717, 1.165) is 6.04 Å². The van der Waals surface area contributed by atoms with E-state index < -0.39 is 0 Å². The lowest BCUT2D eigenvalue weighted by Gasteiger charge is -2.47. The van der Waals surface area contributed by atoms with Gasteiger partial charge in [-0.25, -0.2) is 0 Å². The molecule has 0 saturated heterocycles. The van der Waals surface area contributed by atoms with Crippen LogP contribution in [-0.2, 0) is 0 Å². The Morgan fingerprint density at radius 3 is 1.27 bits per heavy atom. The van der Waals surface area contributed by atoms with Gasteiger partial charge in [-0.3, -0.25) is 0 Å². The molecule has 2 heteroatoms. The molecule has 1 fully saturated rings. The fraction of sp³-hybridized carbons (Fsp3) is 1.00. The topological polar surface area (TPSA) is 30.0 Å². The van der Waals surface area contributed by atoms with Crippen molar-refractivity contribution in [2.24, 2.45) is 0 Å². The molecule has 1 aliphatic rings. The van der Waals surface area contributed by atoms with Crippen molar-refractivity contribution in [2.45, 2.75) is 162 Å². The summed E-state index contributed by atoms with van der Waals surface area (Å²) in [6.07, 6.45) is 30.9. The molecular formula is C28H59NO. The lowest BCUT2D eigenvalue weighted by molar-refractivity contribution is -0.952. The summed E-state index contributed by atoms with van der Waals surface area (Å²) in [7, 11) is 0. The summed E-state index contributed by atoms with van der Waals surface area (Å²) in [5.41, 5.74) is 0. The smallest absolute Gasteiger partial charge is 0.0890 e. The Balaban J connectivity index is 0.00000841. The first kappa shape index (κ1) is 29.9. The van der Waals surface area contributed by atoms with Gasteiger partial charge in [0.25, 0.3) is 0 Å². The minimum absolute atomic E-state index is 0. The molecule has 0 aromatic rings. The average molecular weight is 426 g/mol. The Morgan fingerprint density at radius 2 is 0.867 bits per heavy atom. The molecule has 0 spiro atoms. The number of unbranched alkanes of at least 4 members (excludes halogenated alkanes) is 13. The van der Waals surface area contributed by atoms with Gasteiger partial charge in [-0.15, -0.1) is 0 Å². The number of hydrogen-bond donors (Lipinski definition) is 0. The van der Waals surface area contributed by atoms with E-state index in [4.69, 9.17) is 0 Å². The van der Waals surface area contributed by atoms with Crippen molar-refractivity contribution < 1.29 is 9.96 Å². The molecular weight excluding hydrogens is 366 g/mol. The second-order valence-electron chi connectivity index (χ2n) is 10.3. The lowest BCUT2D eigenvalue weighted by atomic mass is 9.91. The second-order valence-corrected chi connectivity index (χ2v) is 10.3. The van der Waals surface area contributed by atoms with Crippen LogP contribution in [0.3, 0.4) is 0 Å². The van der Waals surface area contributed by atoms with Crippen LogP contribution in [0.4, 0.5) is 0 Å². The van der Waals surface area contributed by atoms with Crippen molar-refractivity contribution in [1.29, 1.82) is 0 Å². The number of rotatable bonds is 20. The monoisotopic (exact) mass is 425 g/mol. The van der Waals surface area contributed by atoms with Crippen LogP contribution in [0.5, 0.6) is 0 Å². The molecule has 1 N–H and O–H groups in total. The standard InChI is InChI=1S/C28H58N.H2O/c1-4-7-8-9-10-11-12-13-14-15-16-17-18-22-27-29(25-5-2,26-6-3)28-23-20-19-21-24-28;/h28H,4-27H2,1-3H3;1H2/q+1;/p-1. The van der Waals surface area contributed by atoms with Gasteiger partial charge in [0.2, 0.25) is 0 Å². The third-order valence-electron chi connectivity index (χ3n) is 7.64. The summed E-state index contributed by atoms with van der Waals surface area (Å²) in [5.74, 6) is 0. The zero-order valence-corrected chi connectivity index (χ0v) is 21.4. The molecule has 0 radical (unpaired) electrons. The van der Waals surface area contributed by atoms with E-state index in [1.54, 1.807) is 0 Å². The van der Waals surface area contributed by atoms with Crippen molar-refractivity contribution in [3.63, 3.8) is 0 Å². The molecule has 2 nitrogen and oxygen atoms in total. The summed E-state index contributed by atoms with van der Waals surface area (Å²) in [5, 5.41) is 0. The van der Waals surface area contributed by atoms with Crippen molar-refractivity contribution in [1.82, 2.24) is 0 Å². The van der Waals surface area contributed by atoms with Gasteiger partial charge < -0.3 is 9.96 Å². The average Bonchev–Trinajstić information content (AvgIpc) is 2.75. The minimum atomic E-state index is 0. The highest BCUT2D eigenvalue weighted by molar-refractivity contribution is 4.68. The van der Waals surface area contributed by atoms with Gasteiger partial charge in [-0.1, -0.05) is 104 Å². The van der Waals surface area contributed by atoms with Crippen LogP contribution < -0.4 is 0 Å². The van der Waals surface area contributed by atoms with Crippen LogP contribution in [0.1, 0.15) is 156 Å². The highest BCUT2D eigenvalue weighted by atomic mass is 16.0. The molecule has 0 atom stereocenters. The van der Waals surface area contributed by atoms with Crippen molar-refractivity contribution in [3.8, 4) is 0 Å². The SMILES string of the molecule is CCCCCCCCCCCCCCCC[N+](CCC)(CCC)C1CCCCC1.[OH-]. The molecule has 1 aliphatic carbocycles. The zero-order valence-electron chi connectivity index (χ0n) is 21.4. The zero-order chi connectivity index (χ0) is 21.0. The van der Waals surface area contributed by atoms with Gasteiger partial charge in [0, 0.05) is 0 Å². The van der Waals surface area contributed by atoms with Gasteiger partial charge in [-0.2, -0.15) is 0 Å². The molecule has 0 aromatic heterocycles. The van der Waals surface area contributed by atoms with Crippen LogP contribution in [0.25, 0.3) is 0 Å². The molecule has 1 rings (SSSR count). The number of quaternary nitrogens is 1. The van der Waals surface area contributed by atoms with E-state index in [9.17, 15) is 0 Å². The fourth-order valence-corrected chi connectivity index (χ4v) is 6.02. The normalized spacial score (nSPS) is 15.3. The molecule has 0 heterocycles. The van der Waals surface area contributed by atoms with Crippen LogP contribution in [0.15, 0.2) is 0 Å². The van der Waals surface area contributed by atoms with Gasteiger partial charge in [-0.05, 0) is 51.4 Å². The first-order chi connectivity index (χ1) is 14.3. The Bertz CT molecular complexity index is 332. The molecule has 0 unspecified atom stereocenters. The summed E-state index contributed by atoms with van der Waals surface area (Å²) < 4.78 is 1.48. The number of hydrogen-bond acceptors (Lipinski definition) is 1. The fourth-order valence-electron chi connectivity index (χ4n) is 6.02. The highest BCUT2D eigenvalue weighted by Gasteiger charge is 2.35. The first-order valence-corrected chi connectivity index (χ1v) is 14.1. The van der Waals surface area contributed by atoms with E-state index in [-0.39, 0.29) is 5.48 Å². The lowest BCUT2D eigenvalue weighted by Crippen LogP contribution is -2.57. The van der Waals surface area contributed by atoms with Gasteiger partial charge in [0.15, 0.2) is 0 Å². The Labute approximate surface area is 191 Å². The molecule has 0 amide bonds. The van der Waals surface area contributed by atoms with Gasteiger partial charge in [0.05, 0.1) is 25.7 Å². The summed E-state index contributed by atoms with van der Waals surface area (Å²) in [4.78, 5) is 0. The maximum absolute atomic E-state index is 2.41. The molecule has 0 bridgehead atoms. The predicted octanol–water partition coefficient (Wildman–Crippen LogP) is 9.26. The predicted molar refractivity (Wildman–Crippen MR) is 135 cm³/mol. The maximum Gasteiger partial charge on any atom is 0.0890 e. The summed E-state index contributed by atoms with van der Waals surface area (Å²) in [6, 6.07) is 0.991. The Hall–Kier alpha value is -0.0800. The quantitative estimate of drug-likeness (QED) is 0.141. The third-order valence-corrected chi connectivity index (χ3v) is 7.64. The maximum atomic E-state index is 2.41. The van der Waals surface area contributed by atoms with E-state index in [2.05, 4.69) is 20.8 Å². The molecule has 182 valence electrons. The number of nitrogens with zero attached hydrogens (tertiary/aromatic N) is 1. The minimum Gasteiger partial charge on any atom is -0.870 e. The third kappa shape index (κ3) is 13.4. The molecule has 1 saturated carbocycles. The van der Waals surface area contributed by atoms with E-state index >= 15 is 0 Å². The second kappa shape index (κ2) is 20.8. The molecule has 0 aromatic carbocycles. The summed E-state index contributed by atoms with van der Waals surface area (Å²) in [6.45, 7) is 11.5. The van der Waals surface area contributed by atoms with E-state index in [1.165, 1.54) is 159 Å². The van der Waals surface area contributed by atoms with E-state index in [0.29, 0.717) is 0 Å². The molecule has 0 aliphatic heterocycles. The van der Waals surface area contributed by atoms with Crippen LogP contribution >= 0.6 is 0 Å². The Kier molecular flexibility index (Phi) is 20.7. The van der Waals surface area contributed by atoms with Crippen molar-refractivity contribution >= 4 is 0 Å². The van der Waals surface area contributed by atoms with Crippen LogP contribution in [0.2, 0.25) is 0 Å². The molecule has 30 heavy (non-hydrogen) atoms. The van der Waals surface area contributed by atoms with E-state index in [1.807, 2.05) is 0 Å². The largest absolute Gasteiger partial charge is 0.870 e.